The molecule has 2 aliphatic heterocycles. The van der Waals surface area contributed by atoms with Crippen molar-refractivity contribution >= 4 is 23.7 Å². The lowest BCUT2D eigenvalue weighted by molar-refractivity contribution is -0.124. The summed E-state index contributed by atoms with van der Waals surface area (Å²) < 4.78 is 0. The second-order valence-corrected chi connectivity index (χ2v) is 6.31. The number of carbonyl (C=O) groups is 1. The predicted octanol–water partition coefficient (Wildman–Crippen LogP) is 1.97. The molecule has 2 N–H and O–H groups in total. The lowest BCUT2D eigenvalue weighted by atomic mass is 9.91. The van der Waals surface area contributed by atoms with E-state index in [0.717, 1.165) is 37.2 Å². The van der Waals surface area contributed by atoms with E-state index >= 15 is 0 Å². The van der Waals surface area contributed by atoms with Crippen molar-refractivity contribution in [1.29, 1.82) is 0 Å². The molecular weight excluding hydrogens is 274 g/mol. The van der Waals surface area contributed by atoms with Crippen molar-refractivity contribution in [2.75, 3.05) is 6.54 Å². The first-order valence-electron chi connectivity index (χ1n) is 7.24. The number of halogens is 1. The Labute approximate surface area is 124 Å². The fourth-order valence-corrected chi connectivity index (χ4v) is 3.58. The van der Waals surface area contributed by atoms with E-state index in [1.54, 1.807) is 0 Å². The van der Waals surface area contributed by atoms with Crippen LogP contribution in [0.25, 0.3) is 0 Å². The Morgan fingerprint density at radius 2 is 2.30 bits per heavy atom. The molecule has 3 rings (SSSR count). The Morgan fingerprint density at radius 3 is 3.10 bits per heavy atom. The van der Waals surface area contributed by atoms with Gasteiger partial charge in [0.05, 0.1) is 17.3 Å². The smallest absolute Gasteiger partial charge is 0.230 e. The topological polar surface area (TPSA) is 53.5 Å². The molecule has 0 aromatic carbocycles. The highest BCUT2D eigenvalue weighted by Gasteiger charge is 2.37. The highest BCUT2D eigenvalue weighted by Crippen LogP contribution is 2.30. The molecular formula is C15H20ClN3O. The zero-order valence-corrected chi connectivity index (χ0v) is 12.4. The number of hydrogen-bond acceptors (Lipinski definition) is 3. The molecule has 0 saturated carbocycles. The molecule has 0 bridgehead atoms. The molecule has 20 heavy (non-hydrogen) atoms. The maximum Gasteiger partial charge on any atom is 0.230 e. The minimum atomic E-state index is -0.224. The van der Waals surface area contributed by atoms with Gasteiger partial charge in [-0.1, -0.05) is 12.2 Å². The number of fused-ring (bicyclic) bond motifs is 1. The summed E-state index contributed by atoms with van der Waals surface area (Å²) in [4.78, 5) is 16.7. The van der Waals surface area contributed by atoms with Gasteiger partial charge in [0, 0.05) is 30.1 Å². The number of nitrogens with zero attached hydrogens (tertiary/aromatic N) is 1. The van der Waals surface area contributed by atoms with Crippen LogP contribution >= 0.6 is 11.6 Å². The Balaban J connectivity index is 1.78. The van der Waals surface area contributed by atoms with E-state index in [-0.39, 0.29) is 23.2 Å². The first kappa shape index (κ1) is 13.7. The van der Waals surface area contributed by atoms with Crippen LogP contribution in [0.1, 0.15) is 26.2 Å². The molecule has 0 aromatic rings. The summed E-state index contributed by atoms with van der Waals surface area (Å²) in [6, 6.07) is 0.0968. The molecule has 1 amide bonds. The summed E-state index contributed by atoms with van der Waals surface area (Å²) in [6.45, 7) is 2.74. The first-order chi connectivity index (χ1) is 9.65. The third kappa shape index (κ3) is 2.62. The molecule has 4 nitrogen and oxygen atoms in total. The molecule has 1 fully saturated rings. The zero-order valence-electron chi connectivity index (χ0n) is 11.6. The summed E-state index contributed by atoms with van der Waals surface area (Å²) in [5.41, 5.74) is 2.02. The Bertz CT molecular complexity index is 497. The number of alkyl halides is 1. The summed E-state index contributed by atoms with van der Waals surface area (Å²) >= 11 is 6.34. The van der Waals surface area contributed by atoms with Crippen molar-refractivity contribution in [3.63, 3.8) is 0 Å². The minimum absolute atomic E-state index is 0.0551. The standard InChI is InChI=1S/C15H20ClN3O/c1-9-7-10(5-6-17-9)13-8-18-12-4-2-3-11(16)14(12)15(20)19-13/h4,6-7,10-11,13-14,18H,2-3,5,8H2,1H3,(H,19,20)/t10-,11?,13?,14?/m0/s1. The third-order valence-electron chi connectivity index (χ3n) is 4.28. The van der Waals surface area contributed by atoms with Crippen LogP contribution in [0, 0.1) is 11.8 Å². The molecule has 1 saturated heterocycles. The SMILES string of the molecule is CC1=C[C@@H](C2CNC3=CCCC(Cl)C3C(=O)N2)CC=N1. The normalized spacial score (nSPS) is 37.0. The van der Waals surface area contributed by atoms with Crippen LogP contribution in [0.3, 0.4) is 0 Å². The lowest BCUT2D eigenvalue weighted by Gasteiger charge is -2.26. The monoisotopic (exact) mass is 293 g/mol. The predicted molar refractivity (Wildman–Crippen MR) is 80.7 cm³/mol. The molecule has 4 atom stereocenters. The number of carbonyl (C=O) groups excluding carboxylic acids is 1. The van der Waals surface area contributed by atoms with Crippen molar-refractivity contribution in [3.8, 4) is 0 Å². The molecule has 108 valence electrons. The number of hydrogen-bond donors (Lipinski definition) is 2. The van der Waals surface area contributed by atoms with E-state index in [1.807, 2.05) is 13.1 Å². The highest BCUT2D eigenvalue weighted by molar-refractivity contribution is 6.22. The maximum atomic E-state index is 12.5. The number of amides is 1. The lowest BCUT2D eigenvalue weighted by Crippen LogP contribution is -2.45. The van der Waals surface area contributed by atoms with E-state index in [4.69, 9.17) is 11.6 Å². The largest absolute Gasteiger partial charge is 0.386 e. The van der Waals surface area contributed by atoms with E-state index in [1.165, 1.54) is 0 Å². The van der Waals surface area contributed by atoms with Gasteiger partial charge in [0.25, 0.3) is 0 Å². The van der Waals surface area contributed by atoms with Gasteiger partial charge in [-0.25, -0.2) is 0 Å². The van der Waals surface area contributed by atoms with Crippen LogP contribution in [0.5, 0.6) is 0 Å². The van der Waals surface area contributed by atoms with Gasteiger partial charge >= 0.3 is 0 Å². The Hall–Kier alpha value is -1.29. The number of nitrogens with one attached hydrogen (secondary N) is 2. The average Bonchev–Trinajstić information content (AvgIpc) is 2.59. The van der Waals surface area contributed by atoms with E-state index in [2.05, 4.69) is 27.8 Å². The second-order valence-electron chi connectivity index (χ2n) is 5.75. The fourth-order valence-electron chi connectivity index (χ4n) is 3.20. The van der Waals surface area contributed by atoms with Gasteiger partial charge in [-0.2, -0.15) is 0 Å². The molecule has 0 aromatic heterocycles. The molecule has 3 unspecified atom stereocenters. The average molecular weight is 294 g/mol. The van der Waals surface area contributed by atoms with Crippen LogP contribution < -0.4 is 10.6 Å². The molecule has 0 radical (unpaired) electrons. The van der Waals surface area contributed by atoms with Crippen LogP contribution in [-0.4, -0.2) is 30.1 Å². The number of rotatable bonds is 1. The van der Waals surface area contributed by atoms with Gasteiger partial charge < -0.3 is 10.6 Å². The molecule has 3 aliphatic rings. The van der Waals surface area contributed by atoms with Crippen LogP contribution in [0.2, 0.25) is 0 Å². The molecule has 5 heteroatoms. The summed E-state index contributed by atoms with van der Waals surface area (Å²) in [5, 5.41) is 6.49. The van der Waals surface area contributed by atoms with E-state index in [9.17, 15) is 4.79 Å². The Morgan fingerprint density at radius 1 is 1.45 bits per heavy atom. The van der Waals surface area contributed by atoms with Crippen molar-refractivity contribution in [3.05, 3.63) is 23.5 Å². The summed E-state index contributed by atoms with van der Waals surface area (Å²) in [6.07, 6.45) is 8.89. The molecule has 0 spiro atoms. The zero-order chi connectivity index (χ0) is 14.1. The highest BCUT2D eigenvalue weighted by atomic mass is 35.5. The van der Waals surface area contributed by atoms with Gasteiger partial charge in [0.15, 0.2) is 0 Å². The minimum Gasteiger partial charge on any atom is -0.386 e. The quantitative estimate of drug-likeness (QED) is 0.726. The van der Waals surface area contributed by atoms with Crippen molar-refractivity contribution in [2.24, 2.45) is 16.8 Å². The van der Waals surface area contributed by atoms with E-state index in [0.29, 0.717) is 5.92 Å². The summed E-state index contributed by atoms with van der Waals surface area (Å²) in [7, 11) is 0. The van der Waals surface area contributed by atoms with Crippen molar-refractivity contribution < 1.29 is 4.79 Å². The molecule has 1 aliphatic carbocycles. The molecule has 2 heterocycles. The number of aliphatic imine (C=N–C) groups is 1. The van der Waals surface area contributed by atoms with Gasteiger partial charge in [-0.3, -0.25) is 9.79 Å². The Kier molecular flexibility index (Phi) is 3.83. The van der Waals surface area contributed by atoms with Crippen LogP contribution in [-0.2, 0) is 4.79 Å². The second kappa shape index (κ2) is 5.60. The van der Waals surface area contributed by atoms with Gasteiger partial charge in [0.2, 0.25) is 5.91 Å². The van der Waals surface area contributed by atoms with Crippen molar-refractivity contribution in [2.45, 2.75) is 37.6 Å². The fraction of sp³-hybridized carbons (Fsp3) is 0.600. The van der Waals surface area contributed by atoms with E-state index < -0.39 is 0 Å². The van der Waals surface area contributed by atoms with Gasteiger partial charge in [-0.15, -0.1) is 11.6 Å². The van der Waals surface area contributed by atoms with Crippen LogP contribution in [0.4, 0.5) is 0 Å². The van der Waals surface area contributed by atoms with Crippen molar-refractivity contribution in [1.82, 2.24) is 10.6 Å². The maximum absolute atomic E-state index is 12.5. The van der Waals surface area contributed by atoms with Gasteiger partial charge in [-0.05, 0) is 26.2 Å². The first-order valence-corrected chi connectivity index (χ1v) is 7.68. The van der Waals surface area contributed by atoms with Gasteiger partial charge in [0.1, 0.15) is 0 Å². The third-order valence-corrected chi connectivity index (χ3v) is 4.75. The summed E-state index contributed by atoms with van der Waals surface area (Å²) in [5.74, 6) is 0.135. The number of allylic oxidation sites excluding steroid dienone is 2. The van der Waals surface area contributed by atoms with Crippen LogP contribution in [0.15, 0.2) is 28.5 Å².